The maximum atomic E-state index is 12.7. The van der Waals surface area contributed by atoms with Gasteiger partial charge in [0, 0.05) is 22.2 Å². The normalized spacial score (nSPS) is 10.7. The second-order valence-corrected chi connectivity index (χ2v) is 7.67. The highest BCUT2D eigenvalue weighted by molar-refractivity contribution is 6.30. The van der Waals surface area contributed by atoms with Gasteiger partial charge in [-0.2, -0.15) is 5.10 Å². The van der Waals surface area contributed by atoms with E-state index < -0.39 is 0 Å². The monoisotopic (exact) mass is 435 g/mol. The second kappa shape index (κ2) is 9.16. The molecule has 0 fully saturated rings. The summed E-state index contributed by atoms with van der Waals surface area (Å²) in [4.78, 5) is 12.7. The summed E-state index contributed by atoms with van der Waals surface area (Å²) in [5, 5.41) is 8.80. The van der Waals surface area contributed by atoms with E-state index in [1.807, 2.05) is 66.7 Å². The van der Waals surface area contributed by atoms with Crippen molar-refractivity contribution < 1.29 is 4.79 Å². The van der Waals surface area contributed by atoms with Gasteiger partial charge >= 0.3 is 0 Å². The van der Waals surface area contributed by atoms with Crippen molar-refractivity contribution in [3.05, 3.63) is 106 Å². The number of benzene rings is 3. The van der Waals surface area contributed by atoms with Crippen molar-refractivity contribution in [2.45, 2.75) is 6.42 Å². The Morgan fingerprint density at radius 1 is 0.867 bits per heavy atom. The number of hydrogen-bond acceptors (Lipinski definition) is 2. The Kier molecular flexibility index (Phi) is 6.17. The smallest absolute Gasteiger partial charge is 0.271 e. The van der Waals surface area contributed by atoms with Gasteiger partial charge in [-0.25, -0.2) is 4.68 Å². The highest BCUT2D eigenvalue weighted by Gasteiger charge is 2.16. The highest BCUT2D eigenvalue weighted by Crippen LogP contribution is 2.26. The Labute approximate surface area is 185 Å². The number of halogens is 2. The number of rotatable bonds is 6. The molecule has 0 aliphatic rings. The predicted octanol–water partition coefficient (Wildman–Crippen LogP) is 5.82. The van der Waals surface area contributed by atoms with Gasteiger partial charge in [0.1, 0.15) is 0 Å². The van der Waals surface area contributed by atoms with Crippen LogP contribution in [0.5, 0.6) is 0 Å². The lowest BCUT2D eigenvalue weighted by Gasteiger charge is -2.08. The summed E-state index contributed by atoms with van der Waals surface area (Å²) < 4.78 is 1.74. The van der Waals surface area contributed by atoms with Crippen molar-refractivity contribution in [2.24, 2.45) is 0 Å². The number of amides is 1. The molecule has 0 aliphatic heterocycles. The maximum Gasteiger partial charge on any atom is 0.271 e. The third kappa shape index (κ3) is 4.73. The molecule has 4 nitrogen and oxygen atoms in total. The maximum absolute atomic E-state index is 12.7. The first-order chi connectivity index (χ1) is 14.6. The SMILES string of the molecule is O=C(NCCc1ccccc1)c1cc(-c2ccc(Cl)cc2)n(-c2ccc(Cl)cc2)n1. The molecular weight excluding hydrogens is 417 g/mol. The zero-order valence-electron chi connectivity index (χ0n) is 16.1. The van der Waals surface area contributed by atoms with Crippen LogP contribution < -0.4 is 5.32 Å². The van der Waals surface area contributed by atoms with E-state index in [0.29, 0.717) is 22.3 Å². The van der Waals surface area contributed by atoms with Gasteiger partial charge in [0.25, 0.3) is 5.91 Å². The van der Waals surface area contributed by atoms with E-state index in [0.717, 1.165) is 23.4 Å². The van der Waals surface area contributed by atoms with Crippen LogP contribution in [0.25, 0.3) is 16.9 Å². The van der Waals surface area contributed by atoms with Crippen LogP contribution in [-0.4, -0.2) is 22.2 Å². The third-order valence-corrected chi connectivity index (χ3v) is 5.20. The van der Waals surface area contributed by atoms with Gasteiger partial charge in [-0.15, -0.1) is 0 Å². The van der Waals surface area contributed by atoms with Crippen LogP contribution in [0.1, 0.15) is 16.1 Å². The van der Waals surface area contributed by atoms with Crippen LogP contribution >= 0.6 is 23.2 Å². The molecule has 1 amide bonds. The predicted molar refractivity (Wildman–Crippen MR) is 121 cm³/mol. The molecule has 0 radical (unpaired) electrons. The molecule has 0 bridgehead atoms. The minimum absolute atomic E-state index is 0.214. The molecule has 0 aliphatic carbocycles. The lowest BCUT2D eigenvalue weighted by molar-refractivity contribution is 0.0948. The summed E-state index contributed by atoms with van der Waals surface area (Å²) in [6.07, 6.45) is 0.758. The molecule has 4 rings (SSSR count). The summed E-state index contributed by atoms with van der Waals surface area (Å²) in [6, 6.07) is 26.6. The van der Waals surface area contributed by atoms with Crippen LogP contribution in [0.4, 0.5) is 0 Å². The van der Waals surface area contributed by atoms with Crippen molar-refractivity contribution in [2.75, 3.05) is 6.54 Å². The van der Waals surface area contributed by atoms with Crippen molar-refractivity contribution in [1.82, 2.24) is 15.1 Å². The zero-order valence-corrected chi connectivity index (χ0v) is 17.6. The molecule has 0 unspecified atom stereocenters. The van der Waals surface area contributed by atoms with Crippen LogP contribution in [0.2, 0.25) is 10.0 Å². The summed E-state index contributed by atoms with van der Waals surface area (Å²) in [5.74, 6) is -0.214. The Balaban J connectivity index is 1.60. The average molecular weight is 436 g/mol. The topological polar surface area (TPSA) is 46.9 Å². The minimum atomic E-state index is -0.214. The number of carbonyl (C=O) groups excluding carboxylic acids is 1. The molecule has 6 heteroatoms. The lowest BCUT2D eigenvalue weighted by atomic mass is 10.1. The summed E-state index contributed by atoms with van der Waals surface area (Å²) >= 11 is 12.1. The zero-order chi connectivity index (χ0) is 20.9. The van der Waals surface area contributed by atoms with Crippen molar-refractivity contribution in [3.8, 4) is 16.9 Å². The van der Waals surface area contributed by atoms with Crippen LogP contribution in [-0.2, 0) is 6.42 Å². The third-order valence-electron chi connectivity index (χ3n) is 4.70. The Morgan fingerprint density at radius 3 is 2.17 bits per heavy atom. The Morgan fingerprint density at radius 2 is 1.50 bits per heavy atom. The molecule has 0 spiro atoms. The molecule has 4 aromatic rings. The number of hydrogen-bond donors (Lipinski definition) is 1. The molecule has 1 aromatic heterocycles. The van der Waals surface area contributed by atoms with Crippen molar-refractivity contribution in [3.63, 3.8) is 0 Å². The molecule has 3 aromatic carbocycles. The molecule has 30 heavy (non-hydrogen) atoms. The fraction of sp³-hybridized carbons (Fsp3) is 0.0833. The van der Waals surface area contributed by atoms with E-state index in [4.69, 9.17) is 23.2 Å². The van der Waals surface area contributed by atoms with E-state index in [9.17, 15) is 4.79 Å². The molecule has 1 N–H and O–H groups in total. The largest absolute Gasteiger partial charge is 0.350 e. The van der Waals surface area contributed by atoms with Gasteiger partial charge in [0.05, 0.1) is 11.4 Å². The van der Waals surface area contributed by atoms with Crippen molar-refractivity contribution >= 4 is 29.1 Å². The van der Waals surface area contributed by atoms with E-state index in [1.165, 1.54) is 5.56 Å². The summed E-state index contributed by atoms with van der Waals surface area (Å²) in [5.41, 5.74) is 4.04. The average Bonchev–Trinajstić information content (AvgIpc) is 3.21. The molecule has 0 saturated heterocycles. The number of carbonyl (C=O) groups is 1. The van der Waals surface area contributed by atoms with E-state index in [2.05, 4.69) is 10.4 Å². The van der Waals surface area contributed by atoms with Gasteiger partial charge in [-0.1, -0.05) is 65.7 Å². The lowest BCUT2D eigenvalue weighted by Crippen LogP contribution is -2.26. The van der Waals surface area contributed by atoms with Crippen molar-refractivity contribution in [1.29, 1.82) is 0 Å². The van der Waals surface area contributed by atoms with Gasteiger partial charge < -0.3 is 5.32 Å². The summed E-state index contributed by atoms with van der Waals surface area (Å²) in [7, 11) is 0. The van der Waals surface area contributed by atoms with E-state index in [-0.39, 0.29) is 5.91 Å². The number of nitrogens with zero attached hydrogens (tertiary/aromatic N) is 2. The van der Waals surface area contributed by atoms with Crippen LogP contribution in [0.15, 0.2) is 84.9 Å². The van der Waals surface area contributed by atoms with E-state index in [1.54, 1.807) is 22.9 Å². The van der Waals surface area contributed by atoms with E-state index >= 15 is 0 Å². The quantitative estimate of drug-likeness (QED) is 0.414. The highest BCUT2D eigenvalue weighted by atomic mass is 35.5. The number of nitrogens with one attached hydrogen (secondary N) is 1. The van der Waals surface area contributed by atoms with Crippen LogP contribution in [0.3, 0.4) is 0 Å². The molecule has 150 valence electrons. The van der Waals surface area contributed by atoms with Gasteiger partial charge in [-0.3, -0.25) is 4.79 Å². The molecule has 0 atom stereocenters. The fourth-order valence-corrected chi connectivity index (χ4v) is 3.41. The summed E-state index contributed by atoms with van der Waals surface area (Å²) in [6.45, 7) is 0.535. The molecular formula is C24H19Cl2N3O. The first-order valence-corrected chi connectivity index (χ1v) is 10.3. The van der Waals surface area contributed by atoms with Gasteiger partial charge in [-0.05, 0) is 54.4 Å². The Hall–Kier alpha value is -3.08. The van der Waals surface area contributed by atoms with Gasteiger partial charge in [0.15, 0.2) is 5.69 Å². The fourth-order valence-electron chi connectivity index (χ4n) is 3.15. The van der Waals surface area contributed by atoms with Crippen LogP contribution in [0, 0.1) is 0 Å². The molecule has 0 saturated carbocycles. The second-order valence-electron chi connectivity index (χ2n) is 6.80. The standard InChI is InChI=1S/C24H19Cl2N3O/c25-19-8-6-18(7-9-19)23-16-22(28-29(23)21-12-10-20(26)11-13-21)24(30)27-15-14-17-4-2-1-3-5-17/h1-13,16H,14-15H2,(H,27,30). The van der Waals surface area contributed by atoms with Gasteiger partial charge in [0.2, 0.25) is 0 Å². The molecule has 1 heterocycles. The minimum Gasteiger partial charge on any atom is -0.350 e. The first kappa shape index (κ1) is 20.2. The Bertz CT molecular complexity index is 1070. The number of aromatic nitrogens is 2. The first-order valence-electron chi connectivity index (χ1n) is 9.54.